The van der Waals surface area contributed by atoms with Gasteiger partial charge in [-0.2, -0.15) is 11.8 Å². The topological polar surface area (TPSA) is 48.1 Å². The minimum Gasteiger partial charge on any atom is -0.384 e. The van der Waals surface area contributed by atoms with Crippen molar-refractivity contribution in [2.45, 2.75) is 41.4 Å². The molecule has 3 nitrogen and oxygen atoms in total. The van der Waals surface area contributed by atoms with E-state index >= 15 is 0 Å². The number of nitrogen functional groups attached to an aromatic ring is 1. The van der Waals surface area contributed by atoms with E-state index in [1.54, 1.807) is 0 Å². The summed E-state index contributed by atoms with van der Waals surface area (Å²) in [5.74, 6) is 3.10. The van der Waals surface area contributed by atoms with Gasteiger partial charge in [-0.05, 0) is 49.3 Å². The third-order valence-corrected chi connectivity index (χ3v) is 6.15. The molecule has 19 heavy (non-hydrogen) atoms. The molecular weight excluding hydrogens is 276 g/mol. The van der Waals surface area contributed by atoms with Crippen LogP contribution in [0.4, 0.5) is 5.82 Å². The number of anilines is 1. The van der Waals surface area contributed by atoms with Gasteiger partial charge < -0.3 is 10.5 Å². The zero-order valence-corrected chi connectivity index (χ0v) is 12.6. The Balaban J connectivity index is 1.63. The highest BCUT2D eigenvalue weighted by Crippen LogP contribution is 2.42. The maximum atomic E-state index is 6.13. The zero-order valence-electron chi connectivity index (χ0n) is 11.0. The van der Waals surface area contributed by atoms with E-state index in [1.165, 1.54) is 35.7 Å². The Morgan fingerprint density at radius 2 is 2.21 bits per heavy atom. The fourth-order valence-electron chi connectivity index (χ4n) is 2.83. The van der Waals surface area contributed by atoms with Gasteiger partial charge in [0, 0.05) is 22.9 Å². The van der Waals surface area contributed by atoms with Crippen LogP contribution in [0.2, 0.25) is 0 Å². The van der Waals surface area contributed by atoms with Gasteiger partial charge in [-0.25, -0.2) is 4.98 Å². The summed E-state index contributed by atoms with van der Waals surface area (Å²) < 4.78 is 6.13. The van der Waals surface area contributed by atoms with Crippen molar-refractivity contribution in [3.63, 3.8) is 0 Å². The molecule has 1 atom stereocenters. The van der Waals surface area contributed by atoms with Crippen LogP contribution in [0.3, 0.4) is 0 Å². The van der Waals surface area contributed by atoms with Gasteiger partial charge in [0.1, 0.15) is 5.82 Å². The normalized spacial score (nSPS) is 26.4. The monoisotopic (exact) mass is 296 g/mol. The lowest BCUT2D eigenvalue weighted by Gasteiger charge is -2.43. The molecule has 0 aromatic carbocycles. The average Bonchev–Trinajstić information content (AvgIpc) is 2.42. The fraction of sp³-hybridized carbons (Fsp3) is 0.643. The zero-order chi connectivity index (χ0) is 13.1. The van der Waals surface area contributed by atoms with Crippen LogP contribution in [0.5, 0.6) is 0 Å². The van der Waals surface area contributed by atoms with Crippen molar-refractivity contribution in [1.82, 2.24) is 4.98 Å². The number of nitrogens with two attached hydrogens (primary N) is 1. The molecule has 2 N–H and O–H groups in total. The number of rotatable bonds is 2. The lowest BCUT2D eigenvalue weighted by molar-refractivity contribution is -0.0804. The lowest BCUT2D eigenvalue weighted by atomic mass is 9.88. The predicted octanol–water partition coefficient (Wildman–Crippen LogP) is 3.20. The molecule has 0 aliphatic carbocycles. The van der Waals surface area contributed by atoms with Crippen molar-refractivity contribution in [1.29, 1.82) is 0 Å². The molecule has 2 aliphatic rings. The molecule has 2 saturated heterocycles. The lowest BCUT2D eigenvalue weighted by Crippen LogP contribution is -2.43. The van der Waals surface area contributed by atoms with Crippen molar-refractivity contribution < 1.29 is 4.74 Å². The summed E-state index contributed by atoms with van der Waals surface area (Å²) in [5, 5.41) is 0.655. The van der Waals surface area contributed by atoms with Gasteiger partial charge in [0.2, 0.25) is 0 Å². The number of pyridine rings is 1. The van der Waals surface area contributed by atoms with Crippen LogP contribution < -0.4 is 5.73 Å². The summed E-state index contributed by atoms with van der Waals surface area (Å²) in [6.45, 7) is 0.907. The Bertz CT molecular complexity index is 412. The van der Waals surface area contributed by atoms with E-state index in [4.69, 9.17) is 10.5 Å². The quantitative estimate of drug-likeness (QED) is 0.908. The largest absolute Gasteiger partial charge is 0.384 e. The Morgan fingerprint density at radius 1 is 1.37 bits per heavy atom. The van der Waals surface area contributed by atoms with Crippen LogP contribution in [0.15, 0.2) is 23.2 Å². The first-order chi connectivity index (χ1) is 9.26. The smallest absolute Gasteiger partial charge is 0.123 e. The summed E-state index contributed by atoms with van der Waals surface area (Å²) in [6, 6.07) is 3.96. The molecule has 0 radical (unpaired) electrons. The van der Waals surface area contributed by atoms with Crippen molar-refractivity contribution >= 4 is 29.3 Å². The molecule has 0 amide bonds. The molecule has 0 saturated carbocycles. The van der Waals surface area contributed by atoms with E-state index < -0.39 is 0 Å². The number of ether oxygens (including phenoxy) is 1. The van der Waals surface area contributed by atoms with E-state index in [0.717, 1.165) is 13.0 Å². The van der Waals surface area contributed by atoms with Crippen LogP contribution in [0.1, 0.15) is 25.7 Å². The average molecular weight is 296 g/mol. The van der Waals surface area contributed by atoms with Crippen LogP contribution in [0.25, 0.3) is 0 Å². The minimum absolute atomic E-state index is 0.169. The molecular formula is C14H20N2OS2. The molecule has 104 valence electrons. The highest BCUT2D eigenvalue weighted by Gasteiger charge is 2.38. The van der Waals surface area contributed by atoms with Gasteiger partial charge in [0.05, 0.1) is 5.60 Å². The highest BCUT2D eigenvalue weighted by molar-refractivity contribution is 8.00. The van der Waals surface area contributed by atoms with Crippen molar-refractivity contribution in [2.24, 2.45) is 0 Å². The van der Waals surface area contributed by atoms with E-state index in [2.05, 4.69) is 22.8 Å². The Hall–Kier alpha value is -0.390. The first-order valence-corrected chi connectivity index (χ1v) is 8.89. The van der Waals surface area contributed by atoms with Crippen LogP contribution >= 0.6 is 23.5 Å². The number of nitrogens with zero attached hydrogens (tertiary/aromatic N) is 1. The Morgan fingerprint density at radius 3 is 2.95 bits per heavy atom. The molecule has 1 spiro atoms. The van der Waals surface area contributed by atoms with Crippen LogP contribution in [0, 0.1) is 0 Å². The summed E-state index contributed by atoms with van der Waals surface area (Å²) in [7, 11) is 0. The maximum Gasteiger partial charge on any atom is 0.123 e. The van der Waals surface area contributed by atoms with E-state index in [-0.39, 0.29) is 5.60 Å². The van der Waals surface area contributed by atoms with Gasteiger partial charge in [-0.15, -0.1) is 11.8 Å². The molecule has 1 aromatic heterocycles. The van der Waals surface area contributed by atoms with Crippen molar-refractivity contribution in [3.8, 4) is 0 Å². The predicted molar refractivity (Wildman–Crippen MR) is 82.8 cm³/mol. The van der Waals surface area contributed by atoms with Gasteiger partial charge in [-0.3, -0.25) is 0 Å². The second kappa shape index (κ2) is 5.94. The molecule has 2 aliphatic heterocycles. The summed E-state index contributed by atoms with van der Waals surface area (Å²) in [4.78, 5) is 5.39. The molecule has 1 aromatic rings. The van der Waals surface area contributed by atoms with E-state index in [9.17, 15) is 0 Å². The minimum atomic E-state index is 0.169. The molecule has 5 heteroatoms. The number of aromatic nitrogens is 1. The van der Waals surface area contributed by atoms with Crippen LogP contribution in [-0.2, 0) is 4.74 Å². The molecule has 2 fully saturated rings. The number of hydrogen-bond acceptors (Lipinski definition) is 5. The van der Waals surface area contributed by atoms with Gasteiger partial charge in [0.25, 0.3) is 0 Å². The van der Waals surface area contributed by atoms with Crippen molar-refractivity contribution in [3.05, 3.63) is 18.3 Å². The second-order valence-electron chi connectivity index (χ2n) is 5.30. The van der Waals surface area contributed by atoms with Crippen LogP contribution in [-0.4, -0.2) is 33.9 Å². The first-order valence-electron chi connectivity index (χ1n) is 6.86. The Labute approximate surface area is 123 Å². The SMILES string of the molecule is Nc1ccc(SC2CCOC3(CCSCC3)C2)cn1. The third-order valence-electron chi connectivity index (χ3n) is 3.91. The van der Waals surface area contributed by atoms with E-state index in [0.29, 0.717) is 11.1 Å². The van der Waals surface area contributed by atoms with E-state index in [1.807, 2.05) is 24.0 Å². The van der Waals surface area contributed by atoms with Gasteiger partial charge in [0.15, 0.2) is 0 Å². The fourth-order valence-corrected chi connectivity index (χ4v) is 5.31. The number of thioether (sulfide) groups is 2. The summed E-state index contributed by atoms with van der Waals surface area (Å²) >= 11 is 3.99. The van der Waals surface area contributed by atoms with Gasteiger partial charge >= 0.3 is 0 Å². The third kappa shape index (κ3) is 3.38. The molecule has 3 rings (SSSR count). The highest BCUT2D eigenvalue weighted by atomic mass is 32.2. The molecule has 0 bridgehead atoms. The summed E-state index contributed by atoms with van der Waals surface area (Å²) in [6.07, 6.45) is 6.65. The summed E-state index contributed by atoms with van der Waals surface area (Å²) in [5.41, 5.74) is 5.80. The second-order valence-corrected chi connectivity index (χ2v) is 7.89. The van der Waals surface area contributed by atoms with Crippen molar-refractivity contribution in [2.75, 3.05) is 23.8 Å². The maximum absolute atomic E-state index is 6.13. The standard InChI is InChI=1S/C14H20N2OS2/c15-13-2-1-12(10-16-13)19-11-3-6-17-14(9-11)4-7-18-8-5-14/h1-2,10-11H,3-9H2,(H2,15,16). The Kier molecular flexibility index (Phi) is 4.24. The number of hydrogen-bond donors (Lipinski definition) is 1. The molecule has 1 unspecified atom stereocenters. The molecule has 3 heterocycles. The first kappa shape index (κ1) is 13.6. The van der Waals surface area contributed by atoms with Gasteiger partial charge in [-0.1, -0.05) is 0 Å².